The van der Waals surface area contributed by atoms with E-state index in [2.05, 4.69) is 11.0 Å². The van der Waals surface area contributed by atoms with Crippen LogP contribution in [-0.2, 0) is 16.1 Å². The number of nitrogens with zero attached hydrogens (tertiary/aromatic N) is 2. The molecule has 2 heterocycles. The van der Waals surface area contributed by atoms with Gasteiger partial charge in [-0.2, -0.15) is 0 Å². The number of carbonyl (C=O) groups excluding carboxylic acids is 1. The van der Waals surface area contributed by atoms with Gasteiger partial charge in [0.15, 0.2) is 0 Å². The molecule has 2 saturated heterocycles. The number of benzene rings is 1. The van der Waals surface area contributed by atoms with Crippen LogP contribution >= 0.6 is 11.6 Å². The minimum absolute atomic E-state index is 0.0899. The summed E-state index contributed by atoms with van der Waals surface area (Å²) in [6.45, 7) is 3.75. The van der Waals surface area contributed by atoms with Gasteiger partial charge in [-0.15, -0.1) is 0 Å². The fourth-order valence-electron chi connectivity index (χ4n) is 3.30. The third kappa shape index (κ3) is 3.39. The first-order valence-corrected chi connectivity index (χ1v) is 7.81. The smallest absolute Gasteiger partial charge is 0.248 e. The Hall–Kier alpha value is -1.10. The predicted molar refractivity (Wildman–Crippen MR) is 82.2 cm³/mol. The van der Waals surface area contributed by atoms with Crippen molar-refractivity contribution < 1.29 is 9.53 Å². The van der Waals surface area contributed by atoms with Gasteiger partial charge in [-0.1, -0.05) is 23.7 Å². The van der Waals surface area contributed by atoms with Crippen molar-refractivity contribution in [3.05, 3.63) is 34.9 Å². The van der Waals surface area contributed by atoms with Gasteiger partial charge in [0.05, 0.1) is 6.61 Å². The number of rotatable bonds is 2. The first-order chi connectivity index (χ1) is 10.1. The molecule has 0 aromatic heterocycles. The highest BCUT2D eigenvalue weighted by atomic mass is 35.5. The molecule has 0 spiro atoms. The minimum Gasteiger partial charge on any atom is -0.371 e. The molecule has 0 N–H and O–H groups in total. The van der Waals surface area contributed by atoms with Crippen LogP contribution in [0, 0.1) is 5.92 Å². The van der Waals surface area contributed by atoms with Crippen molar-refractivity contribution in [2.45, 2.75) is 19.0 Å². The van der Waals surface area contributed by atoms with Crippen molar-refractivity contribution in [1.29, 1.82) is 0 Å². The molecule has 0 bridgehead atoms. The summed E-state index contributed by atoms with van der Waals surface area (Å²) < 4.78 is 5.49. The number of amides is 1. The summed E-state index contributed by atoms with van der Waals surface area (Å²) in [6.07, 6.45) is 1.07. The van der Waals surface area contributed by atoms with Crippen molar-refractivity contribution in [2.24, 2.45) is 5.92 Å². The Kier molecular flexibility index (Phi) is 4.48. The highest BCUT2D eigenvalue weighted by Crippen LogP contribution is 2.26. The van der Waals surface area contributed by atoms with E-state index in [1.54, 1.807) is 0 Å². The Morgan fingerprint density at radius 1 is 1.43 bits per heavy atom. The molecule has 1 aromatic carbocycles. The number of piperidine rings is 1. The predicted octanol–water partition coefficient (Wildman–Crippen LogP) is 2.02. The molecule has 0 saturated carbocycles. The molecule has 0 unspecified atom stereocenters. The fraction of sp³-hybridized carbons (Fsp3) is 0.562. The summed E-state index contributed by atoms with van der Waals surface area (Å²) in [7, 11) is 1.90. The number of fused-ring (bicyclic) bond motifs is 1. The molecule has 1 aromatic rings. The number of carbonyl (C=O) groups is 1. The lowest BCUT2D eigenvalue weighted by molar-refractivity contribution is -0.134. The van der Waals surface area contributed by atoms with Gasteiger partial charge >= 0.3 is 0 Å². The monoisotopic (exact) mass is 308 g/mol. The van der Waals surface area contributed by atoms with Crippen molar-refractivity contribution in [3.63, 3.8) is 0 Å². The van der Waals surface area contributed by atoms with Gasteiger partial charge in [-0.3, -0.25) is 9.69 Å². The van der Waals surface area contributed by atoms with Crippen LogP contribution < -0.4 is 0 Å². The van der Waals surface area contributed by atoms with Gasteiger partial charge in [0, 0.05) is 37.1 Å². The van der Waals surface area contributed by atoms with Gasteiger partial charge in [0.1, 0.15) is 6.61 Å². The molecule has 2 aliphatic rings. The molecule has 2 atom stereocenters. The lowest BCUT2D eigenvalue weighted by atomic mass is 9.91. The number of likely N-dealkylation sites (tertiary alicyclic amines) is 1. The first-order valence-electron chi connectivity index (χ1n) is 7.43. The van der Waals surface area contributed by atoms with E-state index in [4.69, 9.17) is 16.3 Å². The van der Waals surface area contributed by atoms with E-state index in [9.17, 15) is 4.79 Å². The first kappa shape index (κ1) is 14.8. The number of hydrogen-bond acceptors (Lipinski definition) is 3. The maximum Gasteiger partial charge on any atom is 0.248 e. The molecule has 0 aliphatic carbocycles. The summed E-state index contributed by atoms with van der Waals surface area (Å²) in [5.74, 6) is 0.546. The Bertz CT molecular complexity index is 523. The highest BCUT2D eigenvalue weighted by Gasteiger charge is 2.36. The Balaban J connectivity index is 1.68. The van der Waals surface area contributed by atoms with Gasteiger partial charge in [-0.05, 0) is 30.7 Å². The second kappa shape index (κ2) is 6.34. The van der Waals surface area contributed by atoms with E-state index in [1.165, 1.54) is 5.56 Å². The molecule has 5 heteroatoms. The van der Waals surface area contributed by atoms with Crippen molar-refractivity contribution in [2.75, 3.05) is 33.4 Å². The highest BCUT2D eigenvalue weighted by molar-refractivity contribution is 6.30. The zero-order chi connectivity index (χ0) is 14.8. The largest absolute Gasteiger partial charge is 0.371 e. The van der Waals surface area contributed by atoms with Gasteiger partial charge < -0.3 is 9.64 Å². The van der Waals surface area contributed by atoms with Crippen LogP contribution in [0.1, 0.15) is 12.0 Å². The number of ether oxygens (including phenoxy) is 1. The van der Waals surface area contributed by atoms with Crippen LogP contribution in [0.5, 0.6) is 0 Å². The zero-order valence-electron chi connectivity index (χ0n) is 12.3. The molecule has 3 rings (SSSR count). The van der Waals surface area contributed by atoms with Crippen LogP contribution in [0.4, 0.5) is 0 Å². The Morgan fingerprint density at radius 2 is 2.29 bits per heavy atom. The molecule has 2 aliphatic heterocycles. The number of halogens is 1. The second-order valence-electron chi connectivity index (χ2n) is 6.00. The van der Waals surface area contributed by atoms with Crippen molar-refractivity contribution in [1.82, 2.24) is 9.80 Å². The SMILES string of the molecule is CN1C(=O)COC[C@@H]2CCN(Cc3cccc(Cl)c3)C[C@@H]21. The molecule has 0 radical (unpaired) electrons. The third-order valence-corrected chi connectivity index (χ3v) is 4.78. The third-order valence-electron chi connectivity index (χ3n) is 4.55. The normalized spacial score (nSPS) is 27.3. The minimum atomic E-state index is 0.0899. The molecule has 1 amide bonds. The van der Waals surface area contributed by atoms with Crippen LogP contribution in [0.15, 0.2) is 24.3 Å². The van der Waals surface area contributed by atoms with E-state index < -0.39 is 0 Å². The Labute approximate surface area is 130 Å². The average molecular weight is 309 g/mol. The molecular formula is C16H21ClN2O2. The van der Waals surface area contributed by atoms with Gasteiger partial charge in [-0.25, -0.2) is 0 Å². The number of hydrogen-bond donors (Lipinski definition) is 0. The van der Waals surface area contributed by atoms with Crippen molar-refractivity contribution in [3.8, 4) is 0 Å². The summed E-state index contributed by atoms with van der Waals surface area (Å²) in [4.78, 5) is 16.2. The number of likely N-dealkylation sites (N-methyl/N-ethyl adjacent to an activating group) is 1. The van der Waals surface area contributed by atoms with Gasteiger partial charge in [0.2, 0.25) is 5.91 Å². The Morgan fingerprint density at radius 3 is 3.10 bits per heavy atom. The van der Waals surface area contributed by atoms with E-state index >= 15 is 0 Å². The van der Waals surface area contributed by atoms with E-state index in [0.717, 1.165) is 31.1 Å². The summed E-state index contributed by atoms with van der Waals surface area (Å²) in [5.41, 5.74) is 1.22. The fourth-order valence-corrected chi connectivity index (χ4v) is 3.51. The maximum atomic E-state index is 11.9. The van der Waals surface area contributed by atoms with E-state index in [-0.39, 0.29) is 18.6 Å². The molecule has 4 nitrogen and oxygen atoms in total. The van der Waals surface area contributed by atoms with E-state index in [1.807, 2.05) is 30.1 Å². The lowest BCUT2D eigenvalue weighted by Gasteiger charge is -2.41. The van der Waals surface area contributed by atoms with Crippen LogP contribution in [-0.4, -0.2) is 55.1 Å². The zero-order valence-corrected chi connectivity index (χ0v) is 13.1. The molecular weight excluding hydrogens is 288 g/mol. The molecule has 21 heavy (non-hydrogen) atoms. The topological polar surface area (TPSA) is 32.8 Å². The summed E-state index contributed by atoms with van der Waals surface area (Å²) >= 11 is 6.05. The molecule has 2 fully saturated rings. The average Bonchev–Trinajstić information content (AvgIpc) is 2.60. The van der Waals surface area contributed by atoms with Crippen LogP contribution in [0.3, 0.4) is 0 Å². The quantitative estimate of drug-likeness (QED) is 0.838. The summed E-state index contributed by atoms with van der Waals surface area (Å²) in [6, 6.07) is 8.25. The second-order valence-corrected chi connectivity index (χ2v) is 6.44. The van der Waals surface area contributed by atoms with Crippen molar-refractivity contribution >= 4 is 17.5 Å². The molecule has 114 valence electrons. The summed E-state index contributed by atoms with van der Waals surface area (Å²) in [5, 5.41) is 0.776. The standard InChI is InChI=1S/C16H21ClN2O2/c1-18-15-9-19(8-12-3-2-4-14(17)7-12)6-5-13(15)10-21-11-16(18)20/h2-4,7,13,15H,5-6,8-11H2,1H3/t13-,15-/m0/s1. The maximum absolute atomic E-state index is 11.9. The van der Waals surface area contributed by atoms with Crippen LogP contribution in [0.25, 0.3) is 0 Å². The lowest BCUT2D eigenvalue weighted by Crippen LogP contribution is -2.52. The van der Waals surface area contributed by atoms with Gasteiger partial charge in [0.25, 0.3) is 0 Å². The van der Waals surface area contributed by atoms with E-state index in [0.29, 0.717) is 12.5 Å². The van der Waals surface area contributed by atoms with Crippen LogP contribution in [0.2, 0.25) is 5.02 Å².